The first-order valence-corrected chi connectivity index (χ1v) is 7.63. The van der Waals surface area contributed by atoms with E-state index in [1.54, 1.807) is 6.26 Å². The average Bonchev–Trinajstić information content (AvgIpc) is 3.28. The van der Waals surface area contributed by atoms with E-state index >= 15 is 0 Å². The lowest BCUT2D eigenvalue weighted by Crippen LogP contribution is -2.46. The molecule has 0 atom stereocenters. The summed E-state index contributed by atoms with van der Waals surface area (Å²) < 4.78 is 10.6. The summed E-state index contributed by atoms with van der Waals surface area (Å²) in [6.07, 6.45) is 3.43. The molecule has 1 saturated heterocycles. The van der Waals surface area contributed by atoms with E-state index in [-0.39, 0.29) is 0 Å². The minimum atomic E-state index is 0.497. The molecule has 0 saturated carbocycles. The van der Waals surface area contributed by atoms with Gasteiger partial charge < -0.3 is 13.8 Å². The number of hydrogen-bond acceptors (Lipinski definition) is 7. The predicted octanol–water partition coefficient (Wildman–Crippen LogP) is 2.05. The van der Waals surface area contributed by atoms with Crippen LogP contribution < -0.4 is 4.90 Å². The number of aromatic nitrogens is 3. The Bertz CT molecular complexity index is 733. The zero-order chi connectivity index (χ0) is 15.5. The molecule has 23 heavy (non-hydrogen) atoms. The fourth-order valence-electron chi connectivity index (χ4n) is 2.69. The Morgan fingerprint density at radius 2 is 1.96 bits per heavy atom. The van der Waals surface area contributed by atoms with E-state index in [9.17, 15) is 0 Å². The third kappa shape index (κ3) is 3.09. The van der Waals surface area contributed by atoms with Crippen molar-refractivity contribution < 1.29 is 8.94 Å². The van der Waals surface area contributed by atoms with Crippen molar-refractivity contribution >= 4 is 5.82 Å². The van der Waals surface area contributed by atoms with E-state index in [0.717, 1.165) is 32.0 Å². The second-order valence-corrected chi connectivity index (χ2v) is 5.44. The van der Waals surface area contributed by atoms with Crippen molar-refractivity contribution in [2.24, 2.45) is 0 Å². The molecule has 0 spiro atoms. The van der Waals surface area contributed by atoms with Crippen LogP contribution in [0.25, 0.3) is 11.6 Å². The van der Waals surface area contributed by atoms with Gasteiger partial charge >= 0.3 is 0 Å². The molecule has 0 unspecified atom stereocenters. The third-order valence-corrected chi connectivity index (χ3v) is 3.91. The van der Waals surface area contributed by atoms with Crippen LogP contribution in [-0.4, -0.2) is 46.2 Å². The zero-order valence-electron chi connectivity index (χ0n) is 12.6. The van der Waals surface area contributed by atoms with Crippen LogP contribution in [0.4, 0.5) is 5.82 Å². The van der Waals surface area contributed by atoms with Crippen LogP contribution in [0.15, 0.2) is 51.7 Å². The summed E-state index contributed by atoms with van der Waals surface area (Å²) in [7, 11) is 0. The molecule has 1 fully saturated rings. The molecule has 0 bridgehead atoms. The van der Waals surface area contributed by atoms with Crippen LogP contribution >= 0.6 is 0 Å². The highest BCUT2D eigenvalue weighted by molar-refractivity contribution is 5.44. The van der Waals surface area contributed by atoms with Crippen molar-refractivity contribution in [2.75, 3.05) is 31.1 Å². The lowest BCUT2D eigenvalue weighted by molar-refractivity contribution is 0.215. The molecule has 0 aliphatic carbocycles. The van der Waals surface area contributed by atoms with Gasteiger partial charge in [0, 0.05) is 32.4 Å². The van der Waals surface area contributed by atoms with Gasteiger partial charge in [-0.25, -0.2) is 4.98 Å². The van der Waals surface area contributed by atoms with E-state index in [1.807, 2.05) is 36.5 Å². The Labute approximate surface area is 133 Å². The summed E-state index contributed by atoms with van der Waals surface area (Å²) in [5.74, 6) is 2.77. The Morgan fingerprint density at radius 3 is 2.70 bits per heavy atom. The molecule has 0 radical (unpaired) electrons. The van der Waals surface area contributed by atoms with Crippen molar-refractivity contribution in [1.29, 1.82) is 0 Å². The van der Waals surface area contributed by atoms with Gasteiger partial charge in [0.25, 0.3) is 0 Å². The fraction of sp³-hybridized carbons (Fsp3) is 0.312. The van der Waals surface area contributed by atoms with Gasteiger partial charge in [-0.3, -0.25) is 4.90 Å². The first-order chi connectivity index (χ1) is 11.4. The second kappa shape index (κ2) is 6.21. The average molecular weight is 311 g/mol. The summed E-state index contributed by atoms with van der Waals surface area (Å²) in [5.41, 5.74) is 0. The first kappa shape index (κ1) is 14.0. The van der Waals surface area contributed by atoms with Crippen molar-refractivity contribution in [3.8, 4) is 11.6 Å². The molecule has 1 aliphatic rings. The molecular weight excluding hydrogens is 294 g/mol. The fourth-order valence-corrected chi connectivity index (χ4v) is 2.69. The first-order valence-electron chi connectivity index (χ1n) is 7.63. The van der Waals surface area contributed by atoms with Crippen LogP contribution in [-0.2, 0) is 6.54 Å². The lowest BCUT2D eigenvalue weighted by atomic mass is 10.3. The Balaban J connectivity index is 1.35. The predicted molar refractivity (Wildman–Crippen MR) is 83.7 cm³/mol. The molecule has 7 heteroatoms. The number of furan rings is 1. The van der Waals surface area contributed by atoms with Crippen LogP contribution in [0, 0.1) is 0 Å². The van der Waals surface area contributed by atoms with Crippen LogP contribution in [0.3, 0.4) is 0 Å². The Kier molecular flexibility index (Phi) is 3.77. The quantitative estimate of drug-likeness (QED) is 0.730. The number of nitrogens with zero attached hydrogens (tertiary/aromatic N) is 5. The highest BCUT2D eigenvalue weighted by atomic mass is 16.5. The highest BCUT2D eigenvalue weighted by Crippen LogP contribution is 2.17. The third-order valence-electron chi connectivity index (χ3n) is 3.91. The van der Waals surface area contributed by atoms with Crippen molar-refractivity contribution in [2.45, 2.75) is 6.54 Å². The van der Waals surface area contributed by atoms with Gasteiger partial charge in [-0.2, -0.15) is 4.98 Å². The molecule has 4 heterocycles. The van der Waals surface area contributed by atoms with Crippen molar-refractivity contribution in [3.05, 3.63) is 48.7 Å². The molecule has 0 amide bonds. The van der Waals surface area contributed by atoms with Gasteiger partial charge in [0.05, 0.1) is 12.8 Å². The van der Waals surface area contributed by atoms with Gasteiger partial charge in [-0.1, -0.05) is 11.2 Å². The number of pyridine rings is 1. The highest BCUT2D eigenvalue weighted by Gasteiger charge is 2.20. The molecule has 1 aliphatic heterocycles. The lowest BCUT2D eigenvalue weighted by Gasteiger charge is -2.34. The monoisotopic (exact) mass is 311 g/mol. The SMILES string of the molecule is c1ccc(N2CCN(Cc3nc(-c4ccco4)no3)CC2)nc1. The largest absolute Gasteiger partial charge is 0.461 e. The summed E-state index contributed by atoms with van der Waals surface area (Å²) in [6.45, 7) is 4.42. The number of anilines is 1. The molecule has 7 nitrogen and oxygen atoms in total. The van der Waals surface area contributed by atoms with Crippen LogP contribution in [0.1, 0.15) is 5.89 Å². The summed E-state index contributed by atoms with van der Waals surface area (Å²) in [4.78, 5) is 13.4. The van der Waals surface area contributed by atoms with Gasteiger partial charge in [0.2, 0.25) is 11.7 Å². The van der Waals surface area contributed by atoms with Gasteiger partial charge in [-0.05, 0) is 24.3 Å². The molecule has 3 aromatic rings. The normalized spacial score (nSPS) is 15.9. The molecule has 0 aromatic carbocycles. The maximum atomic E-state index is 5.31. The molecular formula is C16H17N5O2. The van der Waals surface area contributed by atoms with E-state index in [4.69, 9.17) is 8.94 Å². The van der Waals surface area contributed by atoms with Gasteiger partial charge in [0.1, 0.15) is 5.82 Å². The molecule has 0 N–H and O–H groups in total. The second-order valence-electron chi connectivity index (χ2n) is 5.44. The van der Waals surface area contributed by atoms with Crippen LogP contribution in [0.5, 0.6) is 0 Å². The summed E-state index contributed by atoms with van der Waals surface area (Å²) in [5, 5.41) is 3.96. The Morgan fingerprint density at radius 1 is 1.04 bits per heavy atom. The molecule has 118 valence electrons. The van der Waals surface area contributed by atoms with E-state index < -0.39 is 0 Å². The summed E-state index contributed by atoms with van der Waals surface area (Å²) >= 11 is 0. The minimum Gasteiger partial charge on any atom is -0.461 e. The number of rotatable bonds is 4. The van der Waals surface area contributed by atoms with E-state index in [1.165, 1.54) is 0 Å². The van der Waals surface area contributed by atoms with Gasteiger partial charge in [0.15, 0.2) is 5.76 Å². The maximum Gasteiger partial charge on any atom is 0.241 e. The minimum absolute atomic E-state index is 0.497. The molecule has 3 aromatic heterocycles. The maximum absolute atomic E-state index is 5.31. The number of hydrogen-bond donors (Lipinski definition) is 0. The Hall–Kier alpha value is -2.67. The van der Waals surface area contributed by atoms with Crippen molar-refractivity contribution in [3.63, 3.8) is 0 Å². The van der Waals surface area contributed by atoms with Crippen molar-refractivity contribution in [1.82, 2.24) is 20.0 Å². The number of piperazine rings is 1. The smallest absolute Gasteiger partial charge is 0.241 e. The van der Waals surface area contributed by atoms with E-state index in [0.29, 0.717) is 24.0 Å². The standard InChI is InChI=1S/C16H17N5O2/c1-2-6-17-14(5-1)21-9-7-20(8-10-21)12-15-18-16(19-23-15)13-4-3-11-22-13/h1-6,11H,7-10,12H2. The zero-order valence-corrected chi connectivity index (χ0v) is 12.6. The van der Waals surface area contributed by atoms with Crippen LogP contribution in [0.2, 0.25) is 0 Å². The van der Waals surface area contributed by atoms with E-state index in [2.05, 4.69) is 24.9 Å². The van der Waals surface area contributed by atoms with Gasteiger partial charge in [-0.15, -0.1) is 0 Å². The topological polar surface area (TPSA) is 71.4 Å². The summed E-state index contributed by atoms with van der Waals surface area (Å²) in [6, 6.07) is 9.63. The molecule has 4 rings (SSSR count).